The van der Waals surface area contributed by atoms with Crippen molar-refractivity contribution >= 4 is 46.5 Å². The van der Waals surface area contributed by atoms with Gasteiger partial charge in [-0.15, -0.1) is 0 Å². The van der Waals surface area contributed by atoms with Crippen LogP contribution in [-0.4, -0.2) is 85.0 Å². The van der Waals surface area contributed by atoms with Crippen molar-refractivity contribution < 1.29 is 47.9 Å². The molecule has 0 aromatic carbocycles. The van der Waals surface area contributed by atoms with E-state index in [2.05, 4.69) is 38.0 Å². The molecule has 0 aromatic rings. The molecule has 0 aliphatic heterocycles. The van der Waals surface area contributed by atoms with Gasteiger partial charge in [0, 0.05) is 108 Å². The zero-order valence-electron chi connectivity index (χ0n) is 39.4. The van der Waals surface area contributed by atoms with Gasteiger partial charge in [-0.05, 0) is 74.0 Å². The summed E-state index contributed by atoms with van der Waals surface area (Å²) in [6.45, 7) is 17.2. The first-order valence-corrected chi connectivity index (χ1v) is 24.1. The fourth-order valence-corrected chi connectivity index (χ4v) is 16.4. The van der Waals surface area contributed by atoms with Crippen LogP contribution in [0.1, 0.15) is 132 Å². The minimum absolute atomic E-state index is 0.00711. The Hall–Kier alpha value is -3.78. The topological polar surface area (TPSA) is 216 Å². The number of hydrogen-bond acceptors (Lipinski definition) is 14. The molecule has 0 saturated heterocycles. The number of Topliss-reactive ketones (excluding diaryl/α,β-unsaturated/α-hetero) is 4. The second-order valence-electron chi connectivity index (χ2n) is 22.9. The number of fused-ring (bicyclic) bond motifs is 10. The molecule has 8 fully saturated rings. The molecule has 352 valence electrons. The summed E-state index contributed by atoms with van der Waals surface area (Å²) in [5, 5.41) is 8.97. The van der Waals surface area contributed by atoms with Gasteiger partial charge in [-0.3, -0.25) is 19.2 Å². The Morgan fingerprint density at radius 3 is 1.31 bits per heavy atom. The molecule has 0 spiro atoms. The molecule has 0 radical (unpaired) electrons. The zero-order valence-corrected chi connectivity index (χ0v) is 39.4. The summed E-state index contributed by atoms with van der Waals surface area (Å²) < 4.78 is 12.8. The number of nitrogens with zero attached hydrogens (tertiary/aromatic N) is 2. The van der Waals surface area contributed by atoms with E-state index in [0.29, 0.717) is 37.1 Å². The summed E-state index contributed by atoms with van der Waals surface area (Å²) in [4.78, 5) is 95.0. The first kappa shape index (κ1) is 46.7. The van der Waals surface area contributed by atoms with Crippen LogP contribution in [0.25, 0.3) is 0 Å². The number of nitrogens with two attached hydrogens (primary N) is 2. The molecule has 4 unspecified atom stereocenters. The van der Waals surface area contributed by atoms with Gasteiger partial charge >= 0.3 is 11.9 Å². The first-order valence-electron chi connectivity index (χ1n) is 24.1. The molecule has 0 amide bonds. The highest BCUT2D eigenvalue weighted by molar-refractivity contribution is 6.00. The highest BCUT2D eigenvalue weighted by Gasteiger charge is 2.71. The molecule has 4 N–H and O–H groups in total. The fraction of sp³-hybridized carbons (Fsp3) is 0.800. The number of esters is 2. The van der Waals surface area contributed by atoms with Gasteiger partial charge < -0.3 is 30.6 Å². The second kappa shape index (κ2) is 16.5. The van der Waals surface area contributed by atoms with Gasteiger partial charge in [0.1, 0.15) is 48.6 Å². The van der Waals surface area contributed by atoms with Crippen LogP contribution in [0, 0.1) is 79.8 Å². The van der Waals surface area contributed by atoms with Crippen molar-refractivity contribution in [2.45, 2.75) is 145 Å². The van der Waals surface area contributed by atoms with E-state index >= 15 is 0 Å². The average molecular weight is 889 g/mol. The highest BCUT2D eigenvalue weighted by Crippen LogP contribution is 2.69. The van der Waals surface area contributed by atoms with Gasteiger partial charge in [-0.1, -0.05) is 65.7 Å². The summed E-state index contributed by atoms with van der Waals surface area (Å²) in [7, 11) is 0. The van der Waals surface area contributed by atoms with E-state index in [4.69, 9.17) is 30.6 Å². The fourth-order valence-electron chi connectivity index (χ4n) is 16.4. The normalized spacial score (nSPS) is 44.3. The van der Waals surface area contributed by atoms with E-state index in [0.717, 1.165) is 50.7 Å². The number of carbonyl (C=O) groups is 6. The molecule has 8 aliphatic rings. The molecule has 0 heterocycles. The van der Waals surface area contributed by atoms with Gasteiger partial charge in [0.15, 0.2) is 0 Å². The standard InChI is InChI=1S/C50H72N4O10/c1-45(2)35(53-61-21-19-51)25-39(49(7)31-15-17-47(5)29(9-11-37(47)57)27(31)23-33(55)43(45)49)63-41(59)13-14-42(60)64-40-26-36(54-62-22-20-52)46(3,4)44-34(56)24-28-30-10-12-38(58)48(30,6)18-16-32(28)50(40,44)8/h13-14,27-32,39-40,43-44H,9-12,15-26,51-52H2,1-8H3/b14-13+,53-35+,54-36+/t27-,28-,29-,30-,31+,32+,39?,40?,43?,44?,47-,48-,49-,50-/m0/s1. The van der Waals surface area contributed by atoms with Crippen LogP contribution in [0.5, 0.6) is 0 Å². The van der Waals surface area contributed by atoms with Crippen molar-refractivity contribution in [3.05, 3.63) is 12.2 Å². The van der Waals surface area contributed by atoms with E-state index in [-0.39, 0.29) is 97.8 Å². The third-order valence-electron chi connectivity index (χ3n) is 19.4. The van der Waals surface area contributed by atoms with Gasteiger partial charge in [0.25, 0.3) is 0 Å². The van der Waals surface area contributed by atoms with E-state index in [1.165, 1.54) is 0 Å². The molecule has 8 aliphatic carbocycles. The van der Waals surface area contributed by atoms with Crippen LogP contribution in [0.15, 0.2) is 22.5 Å². The number of hydrogen-bond donors (Lipinski definition) is 2. The Morgan fingerprint density at radius 2 is 0.953 bits per heavy atom. The minimum atomic E-state index is -0.794. The van der Waals surface area contributed by atoms with Crippen LogP contribution >= 0.6 is 0 Å². The number of rotatable bonds is 10. The monoisotopic (exact) mass is 889 g/mol. The van der Waals surface area contributed by atoms with Gasteiger partial charge in [0.2, 0.25) is 0 Å². The summed E-state index contributed by atoms with van der Waals surface area (Å²) in [6.07, 6.45) is 7.23. The van der Waals surface area contributed by atoms with Crippen molar-refractivity contribution in [3.63, 3.8) is 0 Å². The lowest BCUT2D eigenvalue weighted by atomic mass is 9.40. The van der Waals surface area contributed by atoms with E-state index in [1.807, 2.05) is 27.7 Å². The van der Waals surface area contributed by atoms with Crippen LogP contribution in [0.4, 0.5) is 0 Å². The Labute approximate surface area is 378 Å². The molecule has 64 heavy (non-hydrogen) atoms. The lowest BCUT2D eigenvalue weighted by Gasteiger charge is -2.63. The van der Waals surface area contributed by atoms with Crippen molar-refractivity contribution in [2.75, 3.05) is 26.3 Å². The smallest absolute Gasteiger partial charge is 0.331 e. The third-order valence-corrected chi connectivity index (χ3v) is 19.4. The maximum Gasteiger partial charge on any atom is 0.331 e. The van der Waals surface area contributed by atoms with Crippen molar-refractivity contribution in [3.8, 4) is 0 Å². The lowest BCUT2D eigenvalue weighted by Crippen LogP contribution is -2.67. The molecule has 0 aromatic heterocycles. The molecular weight excluding hydrogens is 817 g/mol. The number of ketones is 4. The van der Waals surface area contributed by atoms with E-state index in [1.54, 1.807) is 0 Å². The Morgan fingerprint density at radius 1 is 0.578 bits per heavy atom. The van der Waals surface area contributed by atoms with Gasteiger partial charge in [-0.25, -0.2) is 9.59 Å². The molecule has 14 atom stereocenters. The quantitative estimate of drug-likeness (QED) is 0.110. The SMILES string of the molecule is CC1(C)/C(=N/OCCN)CC(OC(=O)/C=C/C(=O)OC2C/C(=N\OCCN)C(C)(C)C3C(=O)C[C@@H]4[C@@H](CC[C@]5(C)C(=O)CC[C@@H]45)[C@@]23C)[C@@]2(C)C1C(=O)C[C@@H]1[C@H]2CC[C@]2(C)C(=O)CC[C@@H]12. The predicted molar refractivity (Wildman–Crippen MR) is 237 cm³/mol. The van der Waals surface area contributed by atoms with E-state index in [9.17, 15) is 28.8 Å². The van der Waals surface area contributed by atoms with Crippen molar-refractivity contribution in [2.24, 2.45) is 102 Å². The molecule has 14 heteroatoms. The Kier molecular flexibility index (Phi) is 12.1. The van der Waals surface area contributed by atoms with Crippen LogP contribution in [0.3, 0.4) is 0 Å². The summed E-state index contributed by atoms with van der Waals surface area (Å²) in [5.74, 6) is -1.76. The van der Waals surface area contributed by atoms with Crippen LogP contribution < -0.4 is 11.5 Å². The average Bonchev–Trinajstić information content (AvgIpc) is 3.70. The number of carbonyl (C=O) groups excluding carboxylic acids is 6. The Balaban J connectivity index is 1.07. The van der Waals surface area contributed by atoms with Crippen molar-refractivity contribution in [1.29, 1.82) is 0 Å². The molecular formula is C50H72N4O10. The predicted octanol–water partition coefficient (Wildman–Crippen LogP) is 6.10. The second-order valence-corrected chi connectivity index (χ2v) is 22.9. The first-order chi connectivity index (χ1) is 30.1. The zero-order chi connectivity index (χ0) is 46.4. The van der Waals surface area contributed by atoms with Crippen molar-refractivity contribution in [1.82, 2.24) is 0 Å². The minimum Gasteiger partial charge on any atom is -0.458 e. The highest BCUT2D eigenvalue weighted by atomic mass is 16.6. The van der Waals surface area contributed by atoms with Crippen LogP contribution in [-0.2, 0) is 47.9 Å². The summed E-state index contributed by atoms with van der Waals surface area (Å²) >= 11 is 0. The third kappa shape index (κ3) is 6.98. The Bertz CT molecular complexity index is 1920. The van der Waals surface area contributed by atoms with Gasteiger partial charge in [-0.2, -0.15) is 0 Å². The number of oxime groups is 2. The maximum absolute atomic E-state index is 14.6. The number of ether oxygens (including phenoxy) is 2. The lowest BCUT2D eigenvalue weighted by molar-refractivity contribution is -0.193. The molecule has 14 nitrogen and oxygen atoms in total. The maximum atomic E-state index is 14.6. The molecule has 8 rings (SSSR count). The van der Waals surface area contributed by atoms with E-state index < -0.39 is 68.5 Å². The summed E-state index contributed by atoms with van der Waals surface area (Å²) in [6, 6.07) is 0. The van der Waals surface area contributed by atoms with Crippen LogP contribution in [0.2, 0.25) is 0 Å². The van der Waals surface area contributed by atoms with Gasteiger partial charge in [0.05, 0.1) is 11.4 Å². The largest absolute Gasteiger partial charge is 0.458 e. The molecule has 0 bridgehead atoms. The summed E-state index contributed by atoms with van der Waals surface area (Å²) in [5.41, 5.74) is 8.72. The molecule has 8 saturated carbocycles.